The minimum Gasteiger partial charge on any atom is -0.420 e. The van der Waals surface area contributed by atoms with E-state index in [0.717, 1.165) is 24.2 Å². The molecular weight excluding hydrogens is 448 g/mol. The van der Waals surface area contributed by atoms with E-state index in [1.54, 1.807) is 4.90 Å². The van der Waals surface area contributed by atoms with Gasteiger partial charge in [-0.15, -0.1) is 10.2 Å². The fourth-order valence-electron chi connectivity index (χ4n) is 4.53. The predicted octanol–water partition coefficient (Wildman–Crippen LogP) is 1.22. The molecule has 3 aromatic heterocycles. The first-order valence-electron chi connectivity index (χ1n) is 11.3. The van der Waals surface area contributed by atoms with E-state index < -0.39 is 0 Å². The van der Waals surface area contributed by atoms with E-state index in [1.165, 1.54) is 17.3 Å². The molecule has 35 heavy (non-hydrogen) atoms. The van der Waals surface area contributed by atoms with Crippen molar-refractivity contribution in [3.8, 4) is 17.5 Å². The Morgan fingerprint density at radius 3 is 2.80 bits per heavy atom. The molecule has 0 radical (unpaired) electrons. The summed E-state index contributed by atoms with van der Waals surface area (Å²) in [4.78, 5) is 23.1. The molecule has 12 heteroatoms. The van der Waals surface area contributed by atoms with Crippen molar-refractivity contribution in [2.45, 2.75) is 38.3 Å². The van der Waals surface area contributed by atoms with E-state index >= 15 is 0 Å². The number of anilines is 1. The summed E-state index contributed by atoms with van der Waals surface area (Å²) in [7, 11) is 0. The van der Waals surface area contributed by atoms with Crippen molar-refractivity contribution in [2.75, 3.05) is 11.9 Å². The summed E-state index contributed by atoms with van der Waals surface area (Å²) in [6, 6.07) is 10.5. The van der Waals surface area contributed by atoms with Crippen LogP contribution in [-0.4, -0.2) is 59.0 Å². The van der Waals surface area contributed by atoms with E-state index in [9.17, 15) is 10.1 Å². The highest BCUT2D eigenvalue weighted by molar-refractivity contribution is 5.78. The molecule has 12 nitrogen and oxygen atoms in total. The number of hydrogen-bond donors (Lipinski definition) is 2. The maximum atomic E-state index is 12.7. The highest BCUT2D eigenvalue weighted by Gasteiger charge is 2.26. The zero-order valence-electron chi connectivity index (χ0n) is 18.6. The van der Waals surface area contributed by atoms with Gasteiger partial charge in [0.1, 0.15) is 18.2 Å². The number of fused-ring (bicyclic) bond motifs is 2. The van der Waals surface area contributed by atoms with Gasteiger partial charge in [-0.2, -0.15) is 20.7 Å². The van der Waals surface area contributed by atoms with Gasteiger partial charge in [0.2, 0.25) is 17.7 Å². The zero-order chi connectivity index (χ0) is 23.8. The van der Waals surface area contributed by atoms with Crippen molar-refractivity contribution in [3.05, 3.63) is 64.6 Å². The third-order valence-electron chi connectivity index (χ3n) is 6.29. The molecule has 1 aliphatic carbocycles. The average molecular weight is 468 g/mol. The summed E-state index contributed by atoms with van der Waals surface area (Å²) in [5.41, 5.74) is 4.70. The maximum Gasteiger partial charge on any atom is 0.252 e. The Labute approximate surface area is 199 Å². The SMILES string of the molecule is N#Cc1nc(NC2Cc3ccccc3C2)ncc1-c1nnc(CC(=O)N2CCc3n[nH]nc3C2)o1. The Balaban J connectivity index is 1.13. The lowest BCUT2D eigenvalue weighted by Gasteiger charge is -2.24. The van der Waals surface area contributed by atoms with Gasteiger partial charge in [-0.1, -0.05) is 24.3 Å². The number of aromatic nitrogens is 7. The molecule has 4 heterocycles. The number of carbonyl (C=O) groups is 1. The molecule has 6 rings (SSSR count). The molecule has 1 aromatic carbocycles. The fraction of sp³-hybridized carbons (Fsp3) is 0.304. The molecule has 0 saturated carbocycles. The van der Waals surface area contributed by atoms with Gasteiger partial charge in [0.25, 0.3) is 5.89 Å². The molecule has 0 fully saturated rings. The molecule has 4 aromatic rings. The predicted molar refractivity (Wildman–Crippen MR) is 121 cm³/mol. The van der Waals surface area contributed by atoms with Gasteiger partial charge >= 0.3 is 0 Å². The lowest BCUT2D eigenvalue weighted by atomic mass is 10.1. The van der Waals surface area contributed by atoms with Crippen molar-refractivity contribution in [3.63, 3.8) is 0 Å². The van der Waals surface area contributed by atoms with Crippen LogP contribution in [0.5, 0.6) is 0 Å². The first-order valence-corrected chi connectivity index (χ1v) is 11.3. The topological polar surface area (TPSA) is 162 Å². The van der Waals surface area contributed by atoms with Crippen LogP contribution in [-0.2, 0) is 37.0 Å². The van der Waals surface area contributed by atoms with E-state index in [2.05, 4.69) is 59.1 Å². The van der Waals surface area contributed by atoms with Crippen LogP contribution in [0.15, 0.2) is 34.9 Å². The van der Waals surface area contributed by atoms with Gasteiger partial charge in [0.05, 0.1) is 17.8 Å². The summed E-state index contributed by atoms with van der Waals surface area (Å²) in [6.07, 6.45) is 3.83. The third-order valence-corrected chi connectivity index (χ3v) is 6.29. The second-order valence-electron chi connectivity index (χ2n) is 8.55. The van der Waals surface area contributed by atoms with Crippen LogP contribution in [0.1, 0.15) is 34.1 Å². The number of H-pyrrole nitrogens is 1. The van der Waals surface area contributed by atoms with Gasteiger partial charge in [0, 0.05) is 25.2 Å². The van der Waals surface area contributed by atoms with Crippen LogP contribution in [0, 0.1) is 11.3 Å². The van der Waals surface area contributed by atoms with Crippen LogP contribution >= 0.6 is 0 Å². The third kappa shape index (κ3) is 4.08. The van der Waals surface area contributed by atoms with Crippen LogP contribution in [0.2, 0.25) is 0 Å². The molecule has 0 spiro atoms. The normalized spacial score (nSPS) is 14.9. The van der Waals surface area contributed by atoms with E-state index in [-0.39, 0.29) is 35.8 Å². The Morgan fingerprint density at radius 2 is 2.00 bits per heavy atom. The van der Waals surface area contributed by atoms with Crippen LogP contribution in [0.3, 0.4) is 0 Å². The van der Waals surface area contributed by atoms with Gasteiger partial charge < -0.3 is 14.6 Å². The number of aromatic amines is 1. The minimum atomic E-state index is -0.150. The summed E-state index contributed by atoms with van der Waals surface area (Å²) >= 11 is 0. The molecule has 2 N–H and O–H groups in total. The zero-order valence-corrected chi connectivity index (χ0v) is 18.6. The van der Waals surface area contributed by atoms with Crippen LogP contribution in [0.25, 0.3) is 11.5 Å². The second kappa shape index (κ2) is 8.60. The summed E-state index contributed by atoms with van der Waals surface area (Å²) in [5.74, 6) is 0.477. The number of nitrogens with one attached hydrogen (secondary N) is 2. The Kier molecular flexibility index (Phi) is 5.14. The lowest BCUT2D eigenvalue weighted by molar-refractivity contribution is -0.131. The standard InChI is InChI=1S/C23H20N10O2/c24-10-18-16(11-25-23(27-18)26-15-7-13-3-1-2-4-14(13)8-15)22-31-30-20(35-22)9-21(34)33-6-5-17-19(12-33)29-32-28-17/h1-4,11,15H,5-9,12H2,(H,25,26,27)(H,28,29,32). The molecule has 0 atom stereocenters. The smallest absolute Gasteiger partial charge is 0.252 e. The molecule has 174 valence electrons. The van der Waals surface area contributed by atoms with Gasteiger partial charge in [-0.05, 0) is 24.0 Å². The van der Waals surface area contributed by atoms with E-state index in [0.29, 0.717) is 31.0 Å². The summed E-state index contributed by atoms with van der Waals surface area (Å²) < 4.78 is 5.69. The molecular formula is C23H20N10O2. The van der Waals surface area contributed by atoms with Gasteiger partial charge in [0.15, 0.2) is 5.69 Å². The fourth-order valence-corrected chi connectivity index (χ4v) is 4.53. The molecule has 0 unspecified atom stereocenters. The Bertz CT molecular complexity index is 1430. The first kappa shape index (κ1) is 20.9. The maximum absolute atomic E-state index is 12.7. The molecule has 1 aliphatic heterocycles. The van der Waals surface area contributed by atoms with Crippen LogP contribution < -0.4 is 5.32 Å². The Hall–Kier alpha value is -4.66. The number of nitrogens with zero attached hydrogens (tertiary/aromatic N) is 8. The van der Waals surface area contributed by atoms with Crippen molar-refractivity contribution in [1.29, 1.82) is 5.26 Å². The van der Waals surface area contributed by atoms with Crippen molar-refractivity contribution in [2.24, 2.45) is 0 Å². The monoisotopic (exact) mass is 468 g/mol. The van der Waals surface area contributed by atoms with Crippen molar-refractivity contribution < 1.29 is 9.21 Å². The first-order chi connectivity index (χ1) is 17.2. The quantitative estimate of drug-likeness (QED) is 0.435. The summed E-state index contributed by atoms with van der Waals surface area (Å²) in [5, 5.41) is 31.7. The molecule has 2 aliphatic rings. The van der Waals surface area contributed by atoms with Crippen LogP contribution in [0.4, 0.5) is 5.95 Å². The van der Waals surface area contributed by atoms with Crippen molar-refractivity contribution in [1.82, 2.24) is 40.5 Å². The van der Waals surface area contributed by atoms with Gasteiger partial charge in [-0.25, -0.2) is 9.97 Å². The lowest BCUT2D eigenvalue weighted by Crippen LogP contribution is -2.37. The number of amides is 1. The number of nitriles is 1. The minimum absolute atomic E-state index is 0.0508. The highest BCUT2D eigenvalue weighted by Crippen LogP contribution is 2.25. The molecule has 0 bridgehead atoms. The largest absolute Gasteiger partial charge is 0.420 e. The van der Waals surface area contributed by atoms with Crippen molar-refractivity contribution >= 4 is 11.9 Å². The van der Waals surface area contributed by atoms with E-state index in [4.69, 9.17) is 4.42 Å². The average Bonchev–Trinajstić information content (AvgIpc) is 3.62. The number of hydrogen-bond acceptors (Lipinski definition) is 10. The number of benzene rings is 1. The molecule has 1 amide bonds. The summed E-state index contributed by atoms with van der Waals surface area (Å²) in [6.45, 7) is 0.935. The second-order valence-corrected chi connectivity index (χ2v) is 8.55. The molecule has 0 saturated heterocycles. The highest BCUT2D eigenvalue weighted by atomic mass is 16.4. The Morgan fingerprint density at radius 1 is 1.20 bits per heavy atom. The number of rotatable bonds is 5. The van der Waals surface area contributed by atoms with E-state index in [1.807, 2.05) is 12.1 Å². The van der Waals surface area contributed by atoms with Gasteiger partial charge in [-0.3, -0.25) is 4.79 Å². The number of carbonyl (C=O) groups excluding carboxylic acids is 1.